The van der Waals surface area contributed by atoms with Crippen molar-refractivity contribution in [2.75, 3.05) is 27.8 Å². The zero-order valence-corrected chi connectivity index (χ0v) is 22.5. The molecule has 0 aliphatic carbocycles. The van der Waals surface area contributed by atoms with Gasteiger partial charge >= 0.3 is 5.97 Å². The molecule has 2 aromatic carbocycles. The third kappa shape index (κ3) is 5.51. The molecule has 0 radical (unpaired) electrons. The van der Waals surface area contributed by atoms with Crippen molar-refractivity contribution in [2.24, 2.45) is 4.99 Å². The average Bonchev–Trinajstić information content (AvgIpc) is 3.32. The number of hydrogen-bond acceptors (Lipinski definition) is 8. The largest absolute Gasteiger partial charge is 0.497 e. The summed E-state index contributed by atoms with van der Waals surface area (Å²) in [4.78, 5) is 34.9. The highest BCUT2D eigenvalue weighted by molar-refractivity contribution is 8.16. The lowest BCUT2D eigenvalue weighted by atomic mass is 9.92. The second kappa shape index (κ2) is 11.6. The van der Waals surface area contributed by atoms with Crippen molar-refractivity contribution in [3.8, 4) is 11.5 Å². The van der Waals surface area contributed by atoms with Crippen molar-refractivity contribution in [3.05, 3.63) is 82.0 Å². The molecule has 0 N–H and O–H groups in total. The minimum absolute atomic E-state index is 0.0218. The maximum atomic E-state index is 13.6. The van der Waals surface area contributed by atoms with Crippen molar-refractivity contribution >= 4 is 28.8 Å². The summed E-state index contributed by atoms with van der Waals surface area (Å²) in [5.74, 6) is 0.703. The highest BCUT2D eigenvalue weighted by Crippen LogP contribution is 2.47. The highest BCUT2D eigenvalue weighted by atomic mass is 32.2. The fourth-order valence-electron chi connectivity index (χ4n) is 4.25. The predicted molar refractivity (Wildman–Crippen MR) is 144 cm³/mol. The monoisotopic (exact) mass is 521 g/mol. The fraction of sp³-hybridized carbons (Fsp3) is 0.321. The molecule has 0 aromatic heterocycles. The van der Waals surface area contributed by atoms with Gasteiger partial charge < -0.3 is 24.0 Å². The van der Waals surface area contributed by atoms with Crippen molar-refractivity contribution in [1.29, 1.82) is 0 Å². The van der Waals surface area contributed by atoms with Gasteiger partial charge in [0.05, 0.1) is 38.0 Å². The van der Waals surface area contributed by atoms with Crippen LogP contribution in [0.1, 0.15) is 37.4 Å². The van der Waals surface area contributed by atoms with Gasteiger partial charge in [-0.05, 0) is 43.0 Å². The number of amides is 1. The molecule has 194 valence electrons. The number of carbonyl (C=O) groups is 2. The maximum Gasteiger partial charge on any atom is 0.338 e. The molecule has 0 spiro atoms. The first kappa shape index (κ1) is 26.3. The lowest BCUT2D eigenvalue weighted by Crippen LogP contribution is -2.38. The Morgan fingerprint density at radius 1 is 1.11 bits per heavy atom. The van der Waals surface area contributed by atoms with E-state index in [0.717, 1.165) is 11.3 Å². The lowest BCUT2D eigenvalue weighted by molar-refractivity contribution is -0.141. The number of ether oxygens (including phenoxy) is 3. The summed E-state index contributed by atoms with van der Waals surface area (Å²) in [5, 5.41) is 2.61. The first-order chi connectivity index (χ1) is 17.9. The van der Waals surface area contributed by atoms with E-state index in [1.54, 1.807) is 39.2 Å². The van der Waals surface area contributed by atoms with Crippen LogP contribution in [0.15, 0.2) is 75.9 Å². The Morgan fingerprint density at radius 2 is 1.86 bits per heavy atom. The van der Waals surface area contributed by atoms with E-state index in [-0.39, 0.29) is 18.9 Å². The SMILES string of the molecule is CCN(C)C(=O)CC1=CSC2=NC(C)=C(C(=O)OCc3ccccc3)C(c3cc(OC)ccc3OC)N12. The number of esters is 1. The smallest absolute Gasteiger partial charge is 0.338 e. The number of rotatable bonds is 9. The molecule has 0 saturated carbocycles. The van der Waals surface area contributed by atoms with Crippen LogP contribution < -0.4 is 9.47 Å². The predicted octanol–water partition coefficient (Wildman–Crippen LogP) is 4.89. The Balaban J connectivity index is 1.77. The van der Waals surface area contributed by atoms with Crippen LogP contribution in [0.4, 0.5) is 0 Å². The van der Waals surface area contributed by atoms with Gasteiger partial charge in [-0.1, -0.05) is 42.1 Å². The Labute approximate surface area is 221 Å². The average molecular weight is 522 g/mol. The van der Waals surface area contributed by atoms with Crippen LogP contribution in [0.25, 0.3) is 0 Å². The van der Waals surface area contributed by atoms with Crippen molar-refractivity contribution in [2.45, 2.75) is 32.9 Å². The summed E-state index contributed by atoms with van der Waals surface area (Å²) in [6.07, 6.45) is 0.171. The van der Waals surface area contributed by atoms with Gasteiger partial charge in [0.2, 0.25) is 5.91 Å². The molecule has 1 atom stereocenters. The second-order valence-corrected chi connectivity index (χ2v) is 9.48. The number of amidine groups is 1. The van der Waals surface area contributed by atoms with Crippen LogP contribution in [-0.2, 0) is 20.9 Å². The summed E-state index contributed by atoms with van der Waals surface area (Å²) in [5.41, 5.74) is 3.29. The summed E-state index contributed by atoms with van der Waals surface area (Å²) in [6.45, 7) is 4.47. The summed E-state index contributed by atoms with van der Waals surface area (Å²) >= 11 is 1.43. The summed E-state index contributed by atoms with van der Waals surface area (Å²) < 4.78 is 17.0. The van der Waals surface area contributed by atoms with Gasteiger partial charge in [0.15, 0.2) is 5.17 Å². The third-order valence-electron chi connectivity index (χ3n) is 6.40. The number of fused-ring (bicyclic) bond motifs is 1. The molecule has 1 amide bonds. The van der Waals surface area contributed by atoms with E-state index in [9.17, 15) is 9.59 Å². The van der Waals surface area contributed by atoms with Gasteiger partial charge in [0.1, 0.15) is 18.1 Å². The molecular formula is C28H31N3O5S. The van der Waals surface area contributed by atoms with Crippen LogP contribution in [0.3, 0.4) is 0 Å². The van der Waals surface area contributed by atoms with Gasteiger partial charge in [-0.15, -0.1) is 0 Å². The van der Waals surface area contributed by atoms with E-state index in [4.69, 9.17) is 19.2 Å². The van der Waals surface area contributed by atoms with Crippen LogP contribution in [0.5, 0.6) is 11.5 Å². The number of hydrogen-bond donors (Lipinski definition) is 0. The second-order valence-electron chi connectivity index (χ2n) is 8.65. The van der Waals surface area contributed by atoms with E-state index >= 15 is 0 Å². The standard InChI is InChI=1S/C28H31N3O5S/c1-6-30(3)24(32)14-20-17-37-28-29-18(2)25(27(33)36-16-19-10-8-7-9-11-19)26(31(20)28)22-15-21(34-4)12-13-23(22)35-5/h7-13,15,17,26H,6,14,16H2,1-5H3. The minimum Gasteiger partial charge on any atom is -0.497 e. The zero-order valence-electron chi connectivity index (χ0n) is 21.7. The molecule has 2 aromatic rings. The number of benzene rings is 2. The number of thioether (sulfide) groups is 1. The van der Waals surface area contributed by atoms with Gasteiger partial charge in [0.25, 0.3) is 0 Å². The molecule has 8 nitrogen and oxygen atoms in total. The normalized spacial score (nSPS) is 16.6. The van der Waals surface area contributed by atoms with Crippen LogP contribution >= 0.6 is 11.8 Å². The lowest BCUT2D eigenvalue weighted by Gasteiger charge is -2.37. The molecule has 0 fully saturated rings. The van der Waals surface area contributed by atoms with E-state index in [1.807, 2.05) is 59.7 Å². The van der Waals surface area contributed by atoms with Crippen LogP contribution in [0, 0.1) is 0 Å². The van der Waals surface area contributed by atoms with E-state index in [2.05, 4.69) is 0 Å². The molecule has 2 aliphatic rings. The number of nitrogens with zero attached hydrogens (tertiary/aromatic N) is 3. The van der Waals surface area contributed by atoms with E-state index in [1.165, 1.54) is 11.8 Å². The molecular weight excluding hydrogens is 490 g/mol. The fourth-order valence-corrected chi connectivity index (χ4v) is 5.21. The first-order valence-corrected chi connectivity index (χ1v) is 12.9. The number of allylic oxidation sites excluding steroid dienone is 1. The highest BCUT2D eigenvalue weighted by Gasteiger charge is 2.42. The van der Waals surface area contributed by atoms with Crippen LogP contribution in [0.2, 0.25) is 0 Å². The van der Waals surface area contributed by atoms with Crippen molar-refractivity contribution in [3.63, 3.8) is 0 Å². The van der Waals surface area contributed by atoms with Gasteiger partial charge in [-0.25, -0.2) is 9.79 Å². The summed E-state index contributed by atoms with van der Waals surface area (Å²) in [7, 11) is 4.95. The Morgan fingerprint density at radius 3 is 2.54 bits per heavy atom. The molecule has 1 unspecified atom stereocenters. The van der Waals surface area contributed by atoms with Crippen LogP contribution in [-0.4, -0.2) is 54.7 Å². The number of methoxy groups -OCH3 is 2. The molecule has 4 rings (SSSR count). The van der Waals surface area contributed by atoms with Crippen molar-refractivity contribution in [1.82, 2.24) is 9.80 Å². The Bertz CT molecular complexity index is 1270. The van der Waals surface area contributed by atoms with Gasteiger partial charge in [-0.3, -0.25) is 4.79 Å². The minimum atomic E-state index is -0.623. The number of aliphatic imine (C=N–C) groups is 1. The zero-order chi connectivity index (χ0) is 26.5. The van der Waals surface area contributed by atoms with E-state index in [0.29, 0.717) is 40.0 Å². The van der Waals surface area contributed by atoms with Gasteiger partial charge in [-0.2, -0.15) is 0 Å². The Hall–Kier alpha value is -3.72. The molecule has 9 heteroatoms. The molecule has 0 bridgehead atoms. The Kier molecular flexibility index (Phi) is 8.23. The molecule has 2 aliphatic heterocycles. The topological polar surface area (TPSA) is 80.7 Å². The maximum absolute atomic E-state index is 13.6. The molecule has 37 heavy (non-hydrogen) atoms. The van der Waals surface area contributed by atoms with E-state index < -0.39 is 12.0 Å². The van der Waals surface area contributed by atoms with Crippen molar-refractivity contribution < 1.29 is 23.8 Å². The third-order valence-corrected chi connectivity index (χ3v) is 7.29. The first-order valence-electron chi connectivity index (χ1n) is 12.0. The quantitative estimate of drug-likeness (QED) is 0.435. The number of carbonyl (C=O) groups excluding carboxylic acids is 2. The summed E-state index contributed by atoms with van der Waals surface area (Å²) in [6, 6.07) is 14.4. The molecule has 0 saturated heterocycles. The van der Waals surface area contributed by atoms with Gasteiger partial charge in [0, 0.05) is 24.9 Å². The molecule has 2 heterocycles.